The molecule has 1 aromatic heterocycles. The molecule has 1 saturated carbocycles. The molecule has 0 amide bonds. The largest absolute Gasteiger partial charge is 0.239 e. The number of hydrogen-bond acceptors (Lipinski definition) is 1. The second-order valence-corrected chi connectivity index (χ2v) is 4.32. The molecule has 0 bridgehead atoms. The van der Waals surface area contributed by atoms with E-state index in [1.807, 2.05) is 35.1 Å². The van der Waals surface area contributed by atoms with E-state index in [1.165, 1.54) is 18.5 Å². The van der Waals surface area contributed by atoms with Crippen molar-refractivity contribution in [3.63, 3.8) is 0 Å². The Morgan fingerprint density at radius 1 is 1.20 bits per heavy atom. The summed E-state index contributed by atoms with van der Waals surface area (Å²) in [4.78, 5) is 0. The number of para-hydroxylation sites is 1. The lowest BCUT2D eigenvalue weighted by Crippen LogP contribution is -1.96. The van der Waals surface area contributed by atoms with Crippen LogP contribution in [0.2, 0.25) is 5.02 Å². The van der Waals surface area contributed by atoms with E-state index in [9.17, 15) is 0 Å². The van der Waals surface area contributed by atoms with Crippen molar-refractivity contribution >= 4 is 11.6 Å². The molecule has 1 aliphatic carbocycles. The van der Waals surface area contributed by atoms with Gasteiger partial charge in [0.2, 0.25) is 0 Å². The van der Waals surface area contributed by atoms with Crippen molar-refractivity contribution in [1.29, 1.82) is 0 Å². The molecule has 0 spiro atoms. The molecule has 3 heteroatoms. The molecular weight excluding hydrogens is 208 g/mol. The highest BCUT2D eigenvalue weighted by Crippen LogP contribution is 2.39. The maximum atomic E-state index is 6.10. The standard InChI is InChI=1S/C12H11ClN2/c13-10-3-1-2-4-12(10)15-8-7-11(14-15)9-5-6-9/h1-4,7-9H,5-6H2. The summed E-state index contributed by atoms with van der Waals surface area (Å²) in [6, 6.07) is 9.85. The molecule has 2 aromatic rings. The Morgan fingerprint density at radius 3 is 2.73 bits per heavy atom. The van der Waals surface area contributed by atoms with Gasteiger partial charge >= 0.3 is 0 Å². The normalized spacial score (nSPS) is 15.5. The smallest absolute Gasteiger partial charge is 0.0831 e. The molecular formula is C12H11ClN2. The van der Waals surface area contributed by atoms with E-state index < -0.39 is 0 Å². The van der Waals surface area contributed by atoms with Crippen LogP contribution in [0, 0.1) is 0 Å². The van der Waals surface area contributed by atoms with Crippen molar-refractivity contribution in [3.8, 4) is 5.69 Å². The van der Waals surface area contributed by atoms with Crippen molar-refractivity contribution in [2.24, 2.45) is 0 Å². The van der Waals surface area contributed by atoms with E-state index in [0.29, 0.717) is 5.92 Å². The fraction of sp³-hybridized carbons (Fsp3) is 0.250. The van der Waals surface area contributed by atoms with Gasteiger partial charge in [-0.05, 0) is 31.0 Å². The second kappa shape index (κ2) is 3.38. The molecule has 1 aromatic carbocycles. The third-order valence-electron chi connectivity index (χ3n) is 2.70. The predicted octanol–water partition coefficient (Wildman–Crippen LogP) is 3.40. The van der Waals surface area contributed by atoms with Gasteiger partial charge < -0.3 is 0 Å². The SMILES string of the molecule is Clc1ccccc1-n1ccc(C2CC2)n1. The van der Waals surface area contributed by atoms with E-state index in [0.717, 1.165) is 10.7 Å². The van der Waals surface area contributed by atoms with Crippen LogP contribution in [0.1, 0.15) is 24.5 Å². The molecule has 2 nitrogen and oxygen atoms in total. The quantitative estimate of drug-likeness (QED) is 0.756. The van der Waals surface area contributed by atoms with Crippen molar-refractivity contribution < 1.29 is 0 Å². The number of benzene rings is 1. The Hall–Kier alpha value is -1.28. The van der Waals surface area contributed by atoms with Crippen LogP contribution in [0.15, 0.2) is 36.5 Å². The van der Waals surface area contributed by atoms with Crippen LogP contribution in [0.5, 0.6) is 0 Å². The molecule has 76 valence electrons. The predicted molar refractivity (Wildman–Crippen MR) is 60.5 cm³/mol. The van der Waals surface area contributed by atoms with Gasteiger partial charge in [-0.3, -0.25) is 0 Å². The summed E-state index contributed by atoms with van der Waals surface area (Å²) in [6.45, 7) is 0. The molecule has 0 atom stereocenters. The molecule has 0 unspecified atom stereocenters. The van der Waals surface area contributed by atoms with E-state index in [2.05, 4.69) is 11.2 Å². The van der Waals surface area contributed by atoms with Crippen molar-refractivity contribution in [3.05, 3.63) is 47.2 Å². The number of rotatable bonds is 2. The van der Waals surface area contributed by atoms with Gasteiger partial charge in [-0.1, -0.05) is 23.7 Å². The molecule has 0 radical (unpaired) electrons. The van der Waals surface area contributed by atoms with Crippen LogP contribution in [-0.2, 0) is 0 Å². The number of halogens is 1. The Morgan fingerprint density at radius 2 is 2.00 bits per heavy atom. The van der Waals surface area contributed by atoms with Gasteiger partial charge in [0.25, 0.3) is 0 Å². The topological polar surface area (TPSA) is 17.8 Å². The summed E-state index contributed by atoms with van der Waals surface area (Å²) in [7, 11) is 0. The van der Waals surface area contributed by atoms with Crippen LogP contribution < -0.4 is 0 Å². The summed E-state index contributed by atoms with van der Waals surface area (Å²) in [5.41, 5.74) is 2.14. The number of hydrogen-bond donors (Lipinski definition) is 0. The van der Waals surface area contributed by atoms with Crippen molar-refractivity contribution in [2.45, 2.75) is 18.8 Å². The van der Waals surface area contributed by atoms with Gasteiger partial charge in [0.1, 0.15) is 0 Å². The highest BCUT2D eigenvalue weighted by Gasteiger charge is 2.25. The van der Waals surface area contributed by atoms with E-state index in [1.54, 1.807) is 0 Å². The molecule has 0 N–H and O–H groups in total. The molecule has 0 aliphatic heterocycles. The minimum absolute atomic E-state index is 0.689. The lowest BCUT2D eigenvalue weighted by molar-refractivity contribution is 0.837. The molecule has 15 heavy (non-hydrogen) atoms. The van der Waals surface area contributed by atoms with Gasteiger partial charge in [-0.25, -0.2) is 4.68 Å². The summed E-state index contributed by atoms with van der Waals surface area (Å²) >= 11 is 6.10. The first-order valence-corrected chi connectivity index (χ1v) is 5.53. The summed E-state index contributed by atoms with van der Waals surface area (Å²) < 4.78 is 1.86. The Balaban J connectivity index is 2.01. The first-order valence-electron chi connectivity index (χ1n) is 5.15. The molecule has 0 saturated heterocycles. The molecule has 3 rings (SSSR count). The van der Waals surface area contributed by atoms with Crippen molar-refractivity contribution in [2.75, 3.05) is 0 Å². The third kappa shape index (κ3) is 1.65. The van der Waals surface area contributed by atoms with E-state index in [4.69, 9.17) is 11.6 Å². The summed E-state index contributed by atoms with van der Waals surface area (Å²) in [5, 5.41) is 5.27. The van der Waals surface area contributed by atoms with Crippen LogP contribution in [0.3, 0.4) is 0 Å². The van der Waals surface area contributed by atoms with Gasteiger partial charge in [0, 0.05) is 12.1 Å². The van der Waals surface area contributed by atoms with Crippen LogP contribution in [0.4, 0.5) is 0 Å². The highest BCUT2D eigenvalue weighted by atomic mass is 35.5. The zero-order chi connectivity index (χ0) is 10.3. The van der Waals surface area contributed by atoms with Crippen LogP contribution in [0.25, 0.3) is 5.69 Å². The maximum absolute atomic E-state index is 6.10. The fourth-order valence-electron chi connectivity index (χ4n) is 1.71. The molecule has 1 heterocycles. The van der Waals surface area contributed by atoms with Crippen LogP contribution in [-0.4, -0.2) is 9.78 Å². The lowest BCUT2D eigenvalue weighted by Gasteiger charge is -2.02. The van der Waals surface area contributed by atoms with E-state index >= 15 is 0 Å². The minimum Gasteiger partial charge on any atom is -0.239 e. The summed E-state index contributed by atoms with van der Waals surface area (Å²) in [5.74, 6) is 0.689. The molecule has 1 aliphatic rings. The Bertz CT molecular complexity index is 486. The second-order valence-electron chi connectivity index (χ2n) is 3.91. The first-order chi connectivity index (χ1) is 7.34. The number of aromatic nitrogens is 2. The van der Waals surface area contributed by atoms with Gasteiger partial charge in [0.05, 0.1) is 16.4 Å². The first kappa shape index (κ1) is 8.98. The zero-order valence-corrected chi connectivity index (χ0v) is 8.98. The zero-order valence-electron chi connectivity index (χ0n) is 8.23. The van der Waals surface area contributed by atoms with Gasteiger partial charge in [-0.15, -0.1) is 0 Å². The monoisotopic (exact) mass is 218 g/mol. The minimum atomic E-state index is 0.689. The average molecular weight is 219 g/mol. The highest BCUT2D eigenvalue weighted by molar-refractivity contribution is 6.32. The van der Waals surface area contributed by atoms with E-state index in [-0.39, 0.29) is 0 Å². The maximum Gasteiger partial charge on any atom is 0.0831 e. The van der Waals surface area contributed by atoms with Crippen molar-refractivity contribution in [1.82, 2.24) is 9.78 Å². The lowest BCUT2D eigenvalue weighted by atomic mass is 10.3. The number of nitrogens with zero attached hydrogens (tertiary/aromatic N) is 2. The molecule has 1 fully saturated rings. The van der Waals surface area contributed by atoms with Gasteiger partial charge in [0.15, 0.2) is 0 Å². The average Bonchev–Trinajstić information content (AvgIpc) is 2.99. The Kier molecular flexibility index (Phi) is 2.03. The summed E-state index contributed by atoms with van der Waals surface area (Å²) in [6.07, 6.45) is 4.54. The third-order valence-corrected chi connectivity index (χ3v) is 3.02. The Labute approximate surface area is 93.5 Å². The van der Waals surface area contributed by atoms with Gasteiger partial charge in [-0.2, -0.15) is 5.10 Å². The fourth-order valence-corrected chi connectivity index (χ4v) is 1.93. The van der Waals surface area contributed by atoms with Crippen LogP contribution >= 0.6 is 11.6 Å².